The fourth-order valence-electron chi connectivity index (χ4n) is 2.31. The average Bonchev–Trinajstić information content (AvgIpc) is 2.94. The molecule has 4 N–H and O–H groups in total. The van der Waals surface area contributed by atoms with Crippen LogP contribution in [0.25, 0.3) is 0 Å². The first-order valence-electron chi connectivity index (χ1n) is 5.77. The van der Waals surface area contributed by atoms with Crippen molar-refractivity contribution in [2.24, 2.45) is 0 Å². The summed E-state index contributed by atoms with van der Waals surface area (Å²) >= 11 is 5.93. The van der Waals surface area contributed by atoms with Crippen molar-refractivity contribution in [3.05, 3.63) is 11.5 Å². The third kappa shape index (κ3) is 1.92. The Balaban J connectivity index is 1.88. The molecule has 4 atom stereocenters. The number of ether oxygens (including phenoxy) is 1. The summed E-state index contributed by atoms with van der Waals surface area (Å²) in [7, 11) is 0. The molecule has 1 fully saturated rings. The van der Waals surface area contributed by atoms with E-state index in [1.165, 1.54) is 6.33 Å². The number of hydrogen-bond donors (Lipinski definition) is 4. The van der Waals surface area contributed by atoms with Gasteiger partial charge in [-0.25, -0.2) is 9.97 Å². The minimum absolute atomic E-state index is 0.277. The van der Waals surface area contributed by atoms with E-state index >= 15 is 0 Å². The maximum absolute atomic E-state index is 9.98. The number of anilines is 2. The molecule has 0 bridgehead atoms. The molecule has 0 spiro atoms. The molecule has 1 aromatic rings. The van der Waals surface area contributed by atoms with E-state index in [-0.39, 0.29) is 11.8 Å². The van der Waals surface area contributed by atoms with Crippen LogP contribution < -0.4 is 10.2 Å². The van der Waals surface area contributed by atoms with E-state index in [1.54, 1.807) is 4.90 Å². The van der Waals surface area contributed by atoms with Gasteiger partial charge >= 0.3 is 0 Å². The minimum Gasteiger partial charge on any atom is -0.394 e. The van der Waals surface area contributed by atoms with Crippen LogP contribution in [-0.4, -0.2) is 63.1 Å². The molecule has 0 radical (unpaired) electrons. The van der Waals surface area contributed by atoms with Crippen molar-refractivity contribution in [2.75, 3.05) is 23.5 Å². The van der Waals surface area contributed by atoms with E-state index in [1.807, 2.05) is 0 Å². The van der Waals surface area contributed by atoms with Crippen molar-refractivity contribution in [3.63, 3.8) is 0 Å². The molecule has 1 saturated heterocycles. The van der Waals surface area contributed by atoms with Crippen LogP contribution in [0.5, 0.6) is 0 Å². The number of hydrogen-bond acceptors (Lipinski definition) is 8. The molecule has 8 nitrogen and oxygen atoms in total. The van der Waals surface area contributed by atoms with Crippen LogP contribution in [0.1, 0.15) is 0 Å². The lowest BCUT2D eigenvalue weighted by molar-refractivity contribution is -0.0219. The number of nitrogens with one attached hydrogen (secondary N) is 1. The Kier molecular flexibility index (Phi) is 3.19. The lowest BCUT2D eigenvalue weighted by Gasteiger charge is -2.26. The largest absolute Gasteiger partial charge is 0.394 e. The van der Waals surface area contributed by atoms with E-state index in [0.29, 0.717) is 18.2 Å². The third-order valence-corrected chi connectivity index (χ3v) is 3.59. The van der Waals surface area contributed by atoms with Crippen LogP contribution in [0.15, 0.2) is 6.33 Å². The van der Waals surface area contributed by atoms with Crippen molar-refractivity contribution >= 4 is 23.1 Å². The van der Waals surface area contributed by atoms with E-state index in [0.717, 1.165) is 0 Å². The molecular weight excluding hydrogens is 276 g/mol. The van der Waals surface area contributed by atoms with Gasteiger partial charge in [-0.2, -0.15) is 0 Å². The van der Waals surface area contributed by atoms with E-state index in [9.17, 15) is 10.2 Å². The summed E-state index contributed by atoms with van der Waals surface area (Å²) in [5.74, 6) is 0.495. The van der Waals surface area contributed by atoms with Gasteiger partial charge in [0, 0.05) is 0 Å². The number of nitrogens with zero attached hydrogens (tertiary/aromatic N) is 3. The Morgan fingerprint density at radius 3 is 2.89 bits per heavy atom. The molecule has 2 aliphatic rings. The molecule has 2 aliphatic heterocycles. The Labute approximate surface area is 113 Å². The molecule has 0 aromatic carbocycles. The van der Waals surface area contributed by atoms with Gasteiger partial charge in [-0.1, -0.05) is 11.6 Å². The van der Waals surface area contributed by atoms with Crippen molar-refractivity contribution in [1.82, 2.24) is 9.97 Å². The lowest BCUT2D eigenvalue weighted by Crippen LogP contribution is -2.44. The number of fused-ring (bicyclic) bond motifs is 1. The molecule has 3 rings (SSSR count). The van der Waals surface area contributed by atoms with Crippen molar-refractivity contribution in [2.45, 2.75) is 24.5 Å². The molecule has 1 aromatic heterocycles. The molecule has 1 unspecified atom stereocenters. The van der Waals surface area contributed by atoms with Crippen LogP contribution in [0, 0.1) is 0 Å². The first-order chi connectivity index (χ1) is 9.13. The number of aliphatic hydroxyl groups excluding tert-OH is 3. The molecule has 3 heterocycles. The molecule has 0 amide bonds. The second-order valence-electron chi connectivity index (χ2n) is 4.40. The summed E-state index contributed by atoms with van der Waals surface area (Å²) < 4.78 is 5.45. The van der Waals surface area contributed by atoms with Crippen molar-refractivity contribution in [3.8, 4) is 0 Å². The smallest absolute Gasteiger partial charge is 0.162 e. The van der Waals surface area contributed by atoms with Gasteiger partial charge in [-0.3, -0.25) is 0 Å². The third-order valence-electron chi connectivity index (χ3n) is 3.30. The Hall–Kier alpha value is -1.19. The van der Waals surface area contributed by atoms with Gasteiger partial charge in [0.15, 0.2) is 17.2 Å². The normalized spacial score (nSPS) is 33.4. The molecule has 19 heavy (non-hydrogen) atoms. The fourth-order valence-corrected chi connectivity index (χ4v) is 2.51. The van der Waals surface area contributed by atoms with Crippen LogP contribution in [-0.2, 0) is 4.74 Å². The highest BCUT2D eigenvalue weighted by atomic mass is 35.5. The van der Waals surface area contributed by atoms with Crippen LogP contribution in [0.2, 0.25) is 5.15 Å². The fraction of sp³-hybridized carbons (Fsp3) is 0.600. The number of rotatable bonds is 2. The molecule has 0 aliphatic carbocycles. The first-order valence-corrected chi connectivity index (χ1v) is 6.14. The number of aliphatic hydroxyl groups is 3. The monoisotopic (exact) mass is 288 g/mol. The zero-order valence-electron chi connectivity index (χ0n) is 9.77. The Morgan fingerprint density at radius 1 is 1.42 bits per heavy atom. The van der Waals surface area contributed by atoms with E-state index in [4.69, 9.17) is 21.4 Å². The van der Waals surface area contributed by atoms with Gasteiger partial charge in [0.25, 0.3) is 0 Å². The summed E-state index contributed by atoms with van der Waals surface area (Å²) in [6.45, 7) is -0.0479. The molecular formula is C10H13ClN4O4. The molecule has 104 valence electrons. The quantitative estimate of drug-likeness (QED) is 0.500. The molecule has 0 saturated carbocycles. The summed E-state index contributed by atoms with van der Waals surface area (Å²) in [5, 5.41) is 32.1. The van der Waals surface area contributed by atoms with Gasteiger partial charge in [0.05, 0.1) is 13.3 Å². The highest BCUT2D eigenvalue weighted by Gasteiger charge is 2.47. The second kappa shape index (κ2) is 4.73. The number of aromatic nitrogens is 2. The zero-order valence-corrected chi connectivity index (χ0v) is 10.5. The topological polar surface area (TPSA) is 111 Å². The van der Waals surface area contributed by atoms with Gasteiger partial charge in [0.1, 0.15) is 30.3 Å². The molecule has 9 heteroatoms. The standard InChI is InChI=1S/C10H13ClN4O4/c11-8-5-9(13-2-12-8)15(3-14-5)10-7(18)6(17)4(1-16)19-10/h2,4,6-7,10,14,16-18H,1,3H2/t4-,6+,7?,10-/m1/s1. The number of halogens is 1. The average molecular weight is 289 g/mol. The summed E-state index contributed by atoms with van der Waals surface area (Å²) in [6, 6.07) is 0. The van der Waals surface area contributed by atoms with Crippen LogP contribution in [0.3, 0.4) is 0 Å². The SMILES string of the molecule is OC[C@H]1O[C@@H](N2CNc3c(Cl)ncnc32)C(O)[C@H]1O. The van der Waals surface area contributed by atoms with Gasteiger partial charge in [-0.05, 0) is 0 Å². The lowest BCUT2D eigenvalue weighted by atomic mass is 10.1. The van der Waals surface area contributed by atoms with Gasteiger partial charge in [0.2, 0.25) is 0 Å². The van der Waals surface area contributed by atoms with Crippen LogP contribution >= 0.6 is 11.6 Å². The highest BCUT2D eigenvalue weighted by molar-refractivity contribution is 6.32. The van der Waals surface area contributed by atoms with Gasteiger partial charge in [-0.15, -0.1) is 0 Å². The zero-order chi connectivity index (χ0) is 13.6. The second-order valence-corrected chi connectivity index (χ2v) is 4.75. The predicted octanol–water partition coefficient (Wildman–Crippen LogP) is -1.24. The van der Waals surface area contributed by atoms with E-state index < -0.39 is 24.5 Å². The Morgan fingerprint density at radius 2 is 2.21 bits per heavy atom. The van der Waals surface area contributed by atoms with Crippen molar-refractivity contribution in [1.29, 1.82) is 0 Å². The Bertz CT molecular complexity index is 491. The maximum Gasteiger partial charge on any atom is 0.162 e. The summed E-state index contributed by atoms with van der Waals surface area (Å²) in [4.78, 5) is 9.57. The minimum atomic E-state index is -1.14. The van der Waals surface area contributed by atoms with Crippen molar-refractivity contribution < 1.29 is 20.1 Å². The van der Waals surface area contributed by atoms with Crippen LogP contribution in [0.4, 0.5) is 11.5 Å². The maximum atomic E-state index is 9.98. The first kappa shape index (κ1) is 12.8. The highest BCUT2D eigenvalue weighted by Crippen LogP contribution is 2.37. The summed E-state index contributed by atoms with van der Waals surface area (Å²) in [5.41, 5.74) is 0.557. The van der Waals surface area contributed by atoms with Gasteiger partial charge < -0.3 is 30.3 Å². The predicted molar refractivity (Wildman–Crippen MR) is 65.8 cm³/mol. The summed E-state index contributed by atoms with van der Waals surface area (Å²) in [6.07, 6.45) is -2.59. The van der Waals surface area contributed by atoms with E-state index in [2.05, 4.69) is 15.3 Å².